The van der Waals surface area contributed by atoms with Crippen LogP contribution in [0.15, 0.2) is 29.6 Å². The molecular formula is C15H16O2S. The predicted octanol–water partition coefficient (Wildman–Crippen LogP) is 3.80. The van der Waals surface area contributed by atoms with Crippen molar-refractivity contribution in [1.82, 2.24) is 0 Å². The predicted molar refractivity (Wildman–Crippen MR) is 74.8 cm³/mol. The second kappa shape index (κ2) is 5.36. The Balaban J connectivity index is 2.21. The van der Waals surface area contributed by atoms with Crippen molar-refractivity contribution in [1.29, 1.82) is 0 Å². The number of Topliss-reactive ketones (excluding diaryl/α,β-unsaturated/α-hetero) is 1. The Kier molecular flexibility index (Phi) is 3.82. The SMILES string of the molecule is COc1csc(C(=O)Cc2c(C)cccc2C)c1. The minimum Gasteiger partial charge on any atom is -0.496 e. The molecule has 2 aromatic rings. The zero-order valence-electron chi connectivity index (χ0n) is 10.8. The lowest BCUT2D eigenvalue weighted by molar-refractivity contribution is 0.0996. The average molecular weight is 260 g/mol. The minimum atomic E-state index is 0.153. The Labute approximate surface area is 111 Å². The fourth-order valence-electron chi connectivity index (χ4n) is 1.95. The Bertz CT molecular complexity index is 549. The number of thiophene rings is 1. The van der Waals surface area contributed by atoms with Crippen LogP contribution in [0.4, 0.5) is 0 Å². The fraction of sp³-hybridized carbons (Fsp3) is 0.267. The summed E-state index contributed by atoms with van der Waals surface area (Å²) in [4.78, 5) is 13.0. The molecule has 2 rings (SSSR count). The van der Waals surface area contributed by atoms with E-state index in [1.54, 1.807) is 13.2 Å². The molecule has 0 saturated carbocycles. The van der Waals surface area contributed by atoms with Gasteiger partial charge in [-0.25, -0.2) is 0 Å². The summed E-state index contributed by atoms with van der Waals surface area (Å²) in [5, 5.41) is 1.86. The van der Waals surface area contributed by atoms with Crippen LogP contribution in [0, 0.1) is 13.8 Å². The van der Waals surface area contributed by atoms with Crippen LogP contribution in [-0.2, 0) is 6.42 Å². The highest BCUT2D eigenvalue weighted by Gasteiger charge is 2.13. The van der Waals surface area contributed by atoms with Gasteiger partial charge in [0.15, 0.2) is 5.78 Å². The summed E-state index contributed by atoms with van der Waals surface area (Å²) in [6.07, 6.45) is 0.460. The van der Waals surface area contributed by atoms with Gasteiger partial charge in [-0.05, 0) is 30.5 Å². The van der Waals surface area contributed by atoms with Crippen molar-refractivity contribution in [2.24, 2.45) is 0 Å². The van der Waals surface area contributed by atoms with Gasteiger partial charge >= 0.3 is 0 Å². The van der Waals surface area contributed by atoms with Crippen LogP contribution in [0.3, 0.4) is 0 Å². The molecule has 1 aromatic heterocycles. The summed E-state index contributed by atoms with van der Waals surface area (Å²) < 4.78 is 5.10. The first-order valence-corrected chi connectivity index (χ1v) is 6.70. The summed E-state index contributed by atoms with van der Waals surface area (Å²) >= 11 is 1.44. The first-order chi connectivity index (χ1) is 8.61. The largest absolute Gasteiger partial charge is 0.496 e. The number of carbonyl (C=O) groups is 1. The molecule has 2 nitrogen and oxygen atoms in total. The van der Waals surface area contributed by atoms with Crippen molar-refractivity contribution in [3.8, 4) is 5.75 Å². The molecule has 94 valence electrons. The van der Waals surface area contributed by atoms with Gasteiger partial charge in [0.05, 0.1) is 12.0 Å². The molecule has 0 atom stereocenters. The number of hydrogen-bond donors (Lipinski definition) is 0. The normalized spacial score (nSPS) is 10.4. The second-order valence-corrected chi connectivity index (χ2v) is 5.23. The zero-order valence-corrected chi connectivity index (χ0v) is 11.6. The minimum absolute atomic E-state index is 0.153. The van der Waals surface area contributed by atoms with Crippen LogP contribution in [0.2, 0.25) is 0 Å². The fourth-order valence-corrected chi connectivity index (χ4v) is 2.74. The van der Waals surface area contributed by atoms with E-state index in [2.05, 4.69) is 0 Å². The van der Waals surface area contributed by atoms with E-state index in [4.69, 9.17) is 4.74 Å². The lowest BCUT2D eigenvalue weighted by Gasteiger charge is -2.07. The number of carbonyl (C=O) groups excluding carboxylic acids is 1. The Hall–Kier alpha value is -1.61. The molecule has 0 amide bonds. The molecule has 18 heavy (non-hydrogen) atoms. The lowest BCUT2D eigenvalue weighted by atomic mass is 9.98. The van der Waals surface area contributed by atoms with Crippen LogP contribution in [-0.4, -0.2) is 12.9 Å². The van der Waals surface area contributed by atoms with Crippen molar-refractivity contribution < 1.29 is 9.53 Å². The number of benzene rings is 1. The van der Waals surface area contributed by atoms with Crippen LogP contribution < -0.4 is 4.74 Å². The van der Waals surface area contributed by atoms with Gasteiger partial charge < -0.3 is 4.74 Å². The molecule has 0 N–H and O–H groups in total. The molecule has 1 aromatic carbocycles. The maximum Gasteiger partial charge on any atom is 0.177 e. The van der Waals surface area contributed by atoms with Gasteiger partial charge in [-0.15, -0.1) is 11.3 Å². The van der Waals surface area contributed by atoms with E-state index in [1.807, 2.05) is 37.4 Å². The monoisotopic (exact) mass is 260 g/mol. The van der Waals surface area contributed by atoms with Gasteiger partial charge in [-0.1, -0.05) is 18.2 Å². The maximum atomic E-state index is 12.2. The number of methoxy groups -OCH3 is 1. The zero-order chi connectivity index (χ0) is 13.1. The molecular weight excluding hydrogens is 244 g/mol. The Morgan fingerprint density at radius 3 is 2.50 bits per heavy atom. The Morgan fingerprint density at radius 2 is 1.94 bits per heavy atom. The van der Waals surface area contributed by atoms with E-state index in [1.165, 1.54) is 22.5 Å². The lowest BCUT2D eigenvalue weighted by Crippen LogP contribution is -2.04. The molecule has 0 aliphatic rings. The highest BCUT2D eigenvalue weighted by atomic mass is 32.1. The van der Waals surface area contributed by atoms with Gasteiger partial charge in [-0.2, -0.15) is 0 Å². The summed E-state index contributed by atoms with van der Waals surface area (Å²) in [5.74, 6) is 0.908. The van der Waals surface area contributed by atoms with E-state index >= 15 is 0 Å². The van der Waals surface area contributed by atoms with Crippen molar-refractivity contribution in [2.75, 3.05) is 7.11 Å². The van der Waals surface area contributed by atoms with Gasteiger partial charge in [0, 0.05) is 17.9 Å². The Morgan fingerprint density at radius 1 is 1.28 bits per heavy atom. The van der Waals surface area contributed by atoms with Crippen LogP contribution in [0.5, 0.6) is 5.75 Å². The van der Waals surface area contributed by atoms with Crippen LogP contribution in [0.25, 0.3) is 0 Å². The number of ketones is 1. The molecule has 0 saturated heterocycles. The number of aryl methyl sites for hydroxylation is 2. The molecule has 0 aliphatic carbocycles. The van der Waals surface area contributed by atoms with E-state index in [0.29, 0.717) is 6.42 Å². The van der Waals surface area contributed by atoms with Gasteiger partial charge in [0.2, 0.25) is 0 Å². The highest BCUT2D eigenvalue weighted by Crippen LogP contribution is 2.24. The average Bonchev–Trinajstić information content (AvgIpc) is 2.82. The molecule has 0 fully saturated rings. The van der Waals surface area contributed by atoms with Crippen LogP contribution in [0.1, 0.15) is 26.4 Å². The maximum absolute atomic E-state index is 12.2. The second-order valence-electron chi connectivity index (χ2n) is 4.32. The van der Waals surface area contributed by atoms with E-state index in [9.17, 15) is 4.79 Å². The van der Waals surface area contributed by atoms with Gasteiger partial charge in [-0.3, -0.25) is 4.79 Å². The molecule has 0 radical (unpaired) electrons. The summed E-state index contributed by atoms with van der Waals surface area (Å²) in [6.45, 7) is 4.09. The highest BCUT2D eigenvalue weighted by molar-refractivity contribution is 7.12. The molecule has 0 bridgehead atoms. The van der Waals surface area contributed by atoms with E-state index < -0.39 is 0 Å². The van der Waals surface area contributed by atoms with Crippen LogP contribution >= 0.6 is 11.3 Å². The summed E-state index contributed by atoms with van der Waals surface area (Å²) in [6, 6.07) is 7.92. The molecule has 0 spiro atoms. The van der Waals surface area contributed by atoms with Crippen molar-refractivity contribution in [2.45, 2.75) is 20.3 Å². The standard InChI is InChI=1S/C15H16O2S/c1-10-5-4-6-11(2)13(10)8-14(16)15-7-12(17-3)9-18-15/h4-7,9H,8H2,1-3H3. The van der Waals surface area contributed by atoms with Crippen molar-refractivity contribution in [3.63, 3.8) is 0 Å². The third kappa shape index (κ3) is 2.62. The quantitative estimate of drug-likeness (QED) is 0.782. The van der Waals surface area contributed by atoms with E-state index in [-0.39, 0.29) is 5.78 Å². The third-order valence-electron chi connectivity index (χ3n) is 3.07. The summed E-state index contributed by atoms with van der Waals surface area (Å²) in [5.41, 5.74) is 3.48. The number of rotatable bonds is 4. The number of hydrogen-bond acceptors (Lipinski definition) is 3. The third-order valence-corrected chi connectivity index (χ3v) is 4.02. The number of ether oxygens (including phenoxy) is 1. The summed E-state index contributed by atoms with van der Waals surface area (Å²) in [7, 11) is 1.61. The first kappa shape index (κ1) is 12.8. The molecule has 0 aliphatic heterocycles. The van der Waals surface area contributed by atoms with Crippen molar-refractivity contribution in [3.05, 3.63) is 51.2 Å². The molecule has 1 heterocycles. The smallest absolute Gasteiger partial charge is 0.177 e. The van der Waals surface area contributed by atoms with E-state index in [0.717, 1.165) is 16.2 Å². The molecule has 3 heteroatoms. The first-order valence-electron chi connectivity index (χ1n) is 5.82. The molecule has 0 unspecified atom stereocenters. The van der Waals surface area contributed by atoms with Crippen molar-refractivity contribution >= 4 is 17.1 Å². The van der Waals surface area contributed by atoms with Gasteiger partial charge in [0.25, 0.3) is 0 Å². The topological polar surface area (TPSA) is 26.3 Å². The van der Waals surface area contributed by atoms with Gasteiger partial charge in [0.1, 0.15) is 5.75 Å².